The van der Waals surface area contributed by atoms with Crippen LogP contribution in [0.15, 0.2) is 29.4 Å². The van der Waals surface area contributed by atoms with Gasteiger partial charge in [-0.15, -0.1) is 0 Å². The minimum Gasteiger partial charge on any atom is -0.345 e. The molecule has 136 valence electrons. The van der Waals surface area contributed by atoms with Gasteiger partial charge in [-0.25, -0.2) is 18.1 Å². The number of nitrogens with zero attached hydrogens (tertiary/aromatic N) is 2. The van der Waals surface area contributed by atoms with Gasteiger partial charge >= 0.3 is 0 Å². The minimum atomic E-state index is -3.62. The molecule has 1 aliphatic rings. The zero-order chi connectivity index (χ0) is 17.5. The van der Waals surface area contributed by atoms with Gasteiger partial charge in [0.15, 0.2) is 0 Å². The number of fused-ring (bicyclic) bond motifs is 1. The maximum atomic E-state index is 12.7. The maximum Gasteiger partial charge on any atom is 0.272 e. The number of hydrogen-bond acceptors (Lipinski definition) is 4. The fourth-order valence-corrected chi connectivity index (χ4v) is 4.61. The lowest BCUT2D eigenvalue weighted by molar-refractivity contribution is 0.101. The minimum absolute atomic E-state index is 0. The summed E-state index contributed by atoms with van der Waals surface area (Å²) >= 11 is 5.82. The van der Waals surface area contributed by atoms with Crippen molar-refractivity contribution in [3.63, 3.8) is 0 Å². The average molecular weight is 403 g/mol. The van der Waals surface area contributed by atoms with E-state index in [-0.39, 0.29) is 35.5 Å². The van der Waals surface area contributed by atoms with Crippen molar-refractivity contribution >= 4 is 46.7 Å². The number of nitrogens with one attached hydrogen (secondary N) is 2. The summed E-state index contributed by atoms with van der Waals surface area (Å²) < 4.78 is 29.0. The fraction of sp³-hybridized carbons (Fsp3) is 0.333. The second-order valence-electron chi connectivity index (χ2n) is 5.81. The van der Waals surface area contributed by atoms with E-state index in [2.05, 4.69) is 15.0 Å². The summed E-state index contributed by atoms with van der Waals surface area (Å²) in [4.78, 5) is 16.7. The second kappa shape index (κ2) is 7.36. The molecule has 0 saturated heterocycles. The van der Waals surface area contributed by atoms with Crippen molar-refractivity contribution in [1.29, 1.82) is 0 Å². The van der Waals surface area contributed by atoms with E-state index in [0.29, 0.717) is 29.8 Å². The van der Waals surface area contributed by atoms with Crippen LogP contribution in [0.1, 0.15) is 29.4 Å². The van der Waals surface area contributed by atoms with Crippen LogP contribution in [0, 0.1) is 0 Å². The summed E-state index contributed by atoms with van der Waals surface area (Å²) in [5.74, 6) is -0.384. The number of aromatic nitrogens is 2. The first-order valence-electron chi connectivity index (χ1n) is 7.41. The van der Waals surface area contributed by atoms with E-state index in [1.807, 2.05) is 6.92 Å². The normalized spacial score (nSPS) is 18.6. The Kier molecular flexibility index (Phi) is 5.82. The Morgan fingerprint density at radius 3 is 2.88 bits per heavy atom. The molecule has 1 amide bonds. The predicted octanol–water partition coefficient (Wildman–Crippen LogP) is 2.05. The Labute approximate surface area is 158 Å². The van der Waals surface area contributed by atoms with Crippen LogP contribution < -0.4 is 10.0 Å². The highest BCUT2D eigenvalue weighted by Gasteiger charge is 2.31. The number of anilines is 1. The molecule has 25 heavy (non-hydrogen) atoms. The molecule has 1 atom stereocenters. The SMILES string of the molecule is C[C@H]1CCc2c(cn(C)c2C(=O)Nc2ccnc(Cl)c2)S(=O)(=O)N1.S. The summed E-state index contributed by atoms with van der Waals surface area (Å²) in [7, 11) is -1.97. The summed E-state index contributed by atoms with van der Waals surface area (Å²) in [6.45, 7) is 1.81. The van der Waals surface area contributed by atoms with Crippen LogP contribution in [0.4, 0.5) is 5.69 Å². The van der Waals surface area contributed by atoms with Crippen LogP contribution in [0.2, 0.25) is 5.15 Å². The summed E-state index contributed by atoms with van der Waals surface area (Å²) in [5, 5.41) is 3.00. The monoisotopic (exact) mass is 402 g/mol. The number of pyridine rings is 1. The quantitative estimate of drug-likeness (QED) is 0.752. The van der Waals surface area contributed by atoms with E-state index in [1.54, 1.807) is 13.1 Å². The Balaban J connectivity index is 0.00000225. The van der Waals surface area contributed by atoms with Gasteiger partial charge in [-0.1, -0.05) is 11.6 Å². The number of rotatable bonds is 2. The fourth-order valence-electron chi connectivity index (χ4n) is 2.84. The molecule has 1 aliphatic heterocycles. The first-order valence-corrected chi connectivity index (χ1v) is 9.27. The van der Waals surface area contributed by atoms with E-state index < -0.39 is 10.0 Å². The molecule has 2 aromatic heterocycles. The number of aryl methyl sites for hydroxylation is 1. The smallest absolute Gasteiger partial charge is 0.272 e. The molecule has 7 nitrogen and oxygen atoms in total. The summed E-state index contributed by atoms with van der Waals surface area (Å²) in [6, 6.07) is 2.97. The first kappa shape index (κ1) is 19.8. The largest absolute Gasteiger partial charge is 0.345 e. The molecule has 0 unspecified atom stereocenters. The molecule has 2 aromatic rings. The van der Waals surface area contributed by atoms with E-state index >= 15 is 0 Å². The van der Waals surface area contributed by atoms with Gasteiger partial charge in [0, 0.05) is 36.7 Å². The lowest BCUT2D eigenvalue weighted by Gasteiger charge is -2.10. The van der Waals surface area contributed by atoms with Crippen molar-refractivity contribution in [2.45, 2.75) is 30.7 Å². The molecule has 0 aliphatic carbocycles. The second-order valence-corrected chi connectivity index (χ2v) is 7.88. The summed E-state index contributed by atoms with van der Waals surface area (Å²) in [5.41, 5.74) is 1.36. The molecule has 0 fully saturated rings. The van der Waals surface area contributed by atoms with Crippen LogP contribution in [0.25, 0.3) is 0 Å². The van der Waals surface area contributed by atoms with Gasteiger partial charge in [0.05, 0.1) is 0 Å². The number of halogens is 1. The third-order valence-electron chi connectivity index (χ3n) is 3.92. The Morgan fingerprint density at radius 2 is 2.20 bits per heavy atom. The lowest BCUT2D eigenvalue weighted by atomic mass is 10.1. The standard InChI is InChI=1S/C15H17ClN4O3S.H2S/c1-9-3-4-11-12(24(22,23)19-9)8-20(2)14(11)15(21)18-10-5-6-17-13(16)7-10;/h5-9,19H,3-4H2,1-2H3,(H,17,18,21);1H2/t9-;/m0./s1. The average Bonchev–Trinajstić information content (AvgIpc) is 2.77. The molecular formula is C15H19ClN4O3S2. The summed E-state index contributed by atoms with van der Waals surface area (Å²) in [6.07, 6.45) is 4.09. The van der Waals surface area contributed by atoms with Crippen molar-refractivity contribution < 1.29 is 13.2 Å². The number of sulfonamides is 1. The molecule has 10 heteroatoms. The lowest BCUT2D eigenvalue weighted by Crippen LogP contribution is -2.30. The van der Waals surface area contributed by atoms with Gasteiger partial charge in [0.25, 0.3) is 5.91 Å². The van der Waals surface area contributed by atoms with Gasteiger partial charge < -0.3 is 9.88 Å². The topological polar surface area (TPSA) is 93.1 Å². The third-order valence-corrected chi connectivity index (χ3v) is 5.77. The van der Waals surface area contributed by atoms with Gasteiger partial charge in [-0.3, -0.25) is 4.79 Å². The van der Waals surface area contributed by atoms with E-state index in [1.165, 1.54) is 23.0 Å². The zero-order valence-corrected chi connectivity index (χ0v) is 16.3. The Morgan fingerprint density at radius 1 is 1.48 bits per heavy atom. The van der Waals surface area contributed by atoms with Crippen LogP contribution in [0.5, 0.6) is 0 Å². The molecule has 0 radical (unpaired) electrons. The molecule has 3 heterocycles. The number of carbonyl (C=O) groups excluding carboxylic acids is 1. The number of amides is 1. The Bertz CT molecular complexity index is 911. The highest BCUT2D eigenvalue weighted by Crippen LogP contribution is 2.27. The van der Waals surface area contributed by atoms with Crippen LogP contribution in [0.3, 0.4) is 0 Å². The zero-order valence-electron chi connectivity index (χ0n) is 13.7. The molecule has 3 rings (SSSR count). The van der Waals surface area contributed by atoms with Crippen molar-refractivity contribution in [3.05, 3.63) is 40.9 Å². The van der Waals surface area contributed by atoms with Gasteiger partial charge in [0.2, 0.25) is 10.0 Å². The third kappa shape index (κ3) is 4.00. The Hall–Kier alpha value is -1.55. The highest BCUT2D eigenvalue weighted by molar-refractivity contribution is 7.89. The number of hydrogen-bond donors (Lipinski definition) is 2. The van der Waals surface area contributed by atoms with Gasteiger partial charge in [-0.05, 0) is 31.9 Å². The van der Waals surface area contributed by atoms with Crippen LogP contribution in [-0.4, -0.2) is 29.9 Å². The van der Waals surface area contributed by atoms with E-state index in [9.17, 15) is 13.2 Å². The number of carbonyl (C=O) groups is 1. The predicted molar refractivity (Wildman–Crippen MR) is 101 cm³/mol. The van der Waals surface area contributed by atoms with Crippen molar-refractivity contribution in [3.8, 4) is 0 Å². The molecule has 0 saturated carbocycles. The van der Waals surface area contributed by atoms with Crippen molar-refractivity contribution in [2.24, 2.45) is 7.05 Å². The maximum absolute atomic E-state index is 12.7. The van der Waals surface area contributed by atoms with E-state index in [4.69, 9.17) is 11.6 Å². The molecule has 0 aromatic carbocycles. The molecule has 0 spiro atoms. The van der Waals surface area contributed by atoms with Crippen molar-refractivity contribution in [1.82, 2.24) is 14.3 Å². The van der Waals surface area contributed by atoms with E-state index in [0.717, 1.165) is 0 Å². The van der Waals surface area contributed by atoms with Gasteiger partial charge in [0.1, 0.15) is 15.7 Å². The van der Waals surface area contributed by atoms with Gasteiger partial charge in [-0.2, -0.15) is 13.5 Å². The molecular weight excluding hydrogens is 384 g/mol. The highest BCUT2D eigenvalue weighted by atomic mass is 35.5. The molecule has 0 bridgehead atoms. The van der Waals surface area contributed by atoms with Crippen LogP contribution in [-0.2, 0) is 23.5 Å². The van der Waals surface area contributed by atoms with Crippen molar-refractivity contribution in [2.75, 3.05) is 5.32 Å². The molecule has 2 N–H and O–H groups in total. The first-order chi connectivity index (χ1) is 11.3. The van der Waals surface area contributed by atoms with Crippen LogP contribution >= 0.6 is 25.1 Å².